The maximum Gasteiger partial charge on any atom is 0.271 e. The average Bonchev–Trinajstić information content (AvgIpc) is 2.81. The van der Waals surface area contributed by atoms with Crippen molar-refractivity contribution in [3.63, 3.8) is 0 Å². The van der Waals surface area contributed by atoms with Crippen LogP contribution in [0.5, 0.6) is 0 Å². The molecule has 1 N–H and O–H groups in total. The van der Waals surface area contributed by atoms with E-state index in [9.17, 15) is 4.79 Å². The zero-order chi connectivity index (χ0) is 15.5. The van der Waals surface area contributed by atoms with Gasteiger partial charge in [0.05, 0.1) is 10.7 Å². The van der Waals surface area contributed by atoms with Crippen LogP contribution in [-0.2, 0) is 0 Å². The molecule has 1 aromatic heterocycles. The topological polar surface area (TPSA) is 49.0 Å². The highest BCUT2D eigenvalue weighted by Crippen LogP contribution is 2.29. The van der Waals surface area contributed by atoms with Crippen molar-refractivity contribution in [1.29, 1.82) is 0 Å². The van der Waals surface area contributed by atoms with Gasteiger partial charge in [0.2, 0.25) is 0 Å². The van der Waals surface area contributed by atoms with Gasteiger partial charge in [0, 0.05) is 23.7 Å². The van der Waals surface area contributed by atoms with Crippen LogP contribution in [0.25, 0.3) is 11.3 Å². The van der Waals surface area contributed by atoms with Crippen LogP contribution in [-0.4, -0.2) is 34.1 Å². The monoisotopic (exact) mass is 337 g/mol. The normalized spacial score (nSPS) is 15.6. The molecule has 3 rings (SSSR count). The van der Waals surface area contributed by atoms with Crippen LogP contribution in [0.1, 0.15) is 36.2 Å². The number of likely N-dealkylation sites (tertiary alicyclic amines) is 1. The molecule has 0 bridgehead atoms. The Morgan fingerprint density at radius 2 is 1.82 bits per heavy atom. The largest absolute Gasteiger partial charge is 0.337 e. The van der Waals surface area contributed by atoms with Crippen molar-refractivity contribution in [2.75, 3.05) is 13.1 Å². The van der Waals surface area contributed by atoms with Crippen LogP contribution < -0.4 is 0 Å². The minimum Gasteiger partial charge on any atom is -0.337 e. The number of aromatic nitrogens is 2. The summed E-state index contributed by atoms with van der Waals surface area (Å²) in [5.41, 5.74) is 1.92. The first-order valence-electron chi connectivity index (χ1n) is 7.45. The van der Waals surface area contributed by atoms with E-state index in [1.54, 1.807) is 24.3 Å². The summed E-state index contributed by atoms with van der Waals surface area (Å²) in [5.74, 6) is 0.00531. The quantitative estimate of drug-likeness (QED) is 0.882. The summed E-state index contributed by atoms with van der Waals surface area (Å²) in [6, 6.07) is 6.99. The van der Waals surface area contributed by atoms with Gasteiger partial charge in [-0.1, -0.05) is 36.0 Å². The molecule has 1 fully saturated rings. The van der Waals surface area contributed by atoms with E-state index in [1.165, 1.54) is 12.8 Å². The van der Waals surface area contributed by atoms with Crippen molar-refractivity contribution in [2.24, 2.45) is 0 Å². The maximum absolute atomic E-state index is 12.5. The Bertz CT molecular complexity index is 676. The number of halogens is 2. The highest BCUT2D eigenvalue weighted by atomic mass is 35.5. The van der Waals surface area contributed by atoms with E-state index in [0.29, 0.717) is 21.4 Å². The second kappa shape index (κ2) is 6.71. The average molecular weight is 338 g/mol. The third kappa shape index (κ3) is 3.28. The third-order valence-corrected chi connectivity index (χ3v) is 4.46. The molecule has 1 aromatic carbocycles. The number of carbonyl (C=O) groups is 1. The Morgan fingerprint density at radius 1 is 1.09 bits per heavy atom. The molecule has 1 saturated heterocycles. The molecule has 0 radical (unpaired) electrons. The second-order valence-corrected chi connectivity index (χ2v) is 6.34. The van der Waals surface area contributed by atoms with Crippen LogP contribution in [0.4, 0.5) is 0 Å². The number of nitrogens with zero attached hydrogens (tertiary/aromatic N) is 2. The van der Waals surface area contributed by atoms with Crippen molar-refractivity contribution in [3.8, 4) is 11.3 Å². The summed E-state index contributed by atoms with van der Waals surface area (Å²) in [6.45, 7) is 1.63. The molecule has 0 atom stereocenters. The van der Waals surface area contributed by atoms with Gasteiger partial charge < -0.3 is 4.90 Å². The maximum atomic E-state index is 12.5. The molecule has 1 aliphatic rings. The molecular formula is C16H17Cl2N3O. The van der Waals surface area contributed by atoms with Gasteiger partial charge in [-0.2, -0.15) is 5.10 Å². The molecule has 0 saturated carbocycles. The zero-order valence-corrected chi connectivity index (χ0v) is 13.6. The summed E-state index contributed by atoms with van der Waals surface area (Å²) in [5, 5.41) is 8.14. The lowest BCUT2D eigenvalue weighted by atomic mass is 10.1. The van der Waals surface area contributed by atoms with Crippen molar-refractivity contribution in [3.05, 3.63) is 40.0 Å². The SMILES string of the molecule is O=C(c1cc(-c2ccc(Cl)cc2Cl)n[nH]1)N1CCCCCC1. The predicted octanol–water partition coefficient (Wildman–Crippen LogP) is 4.40. The zero-order valence-electron chi connectivity index (χ0n) is 12.1. The molecule has 1 amide bonds. The number of aromatic amines is 1. The van der Waals surface area contributed by atoms with Gasteiger partial charge in [-0.25, -0.2) is 0 Å². The lowest BCUT2D eigenvalue weighted by molar-refractivity contribution is 0.0755. The molecule has 22 heavy (non-hydrogen) atoms. The predicted molar refractivity (Wildman–Crippen MR) is 88.4 cm³/mol. The Morgan fingerprint density at radius 3 is 2.50 bits per heavy atom. The van der Waals surface area contributed by atoms with Crippen LogP contribution >= 0.6 is 23.2 Å². The van der Waals surface area contributed by atoms with Crippen LogP contribution in [0.2, 0.25) is 10.0 Å². The van der Waals surface area contributed by atoms with E-state index in [0.717, 1.165) is 31.5 Å². The third-order valence-electron chi connectivity index (χ3n) is 3.91. The van der Waals surface area contributed by atoms with Crippen molar-refractivity contribution in [2.45, 2.75) is 25.7 Å². The van der Waals surface area contributed by atoms with E-state index < -0.39 is 0 Å². The van der Waals surface area contributed by atoms with E-state index in [1.807, 2.05) is 4.90 Å². The number of nitrogens with one attached hydrogen (secondary N) is 1. The Balaban J connectivity index is 1.82. The highest BCUT2D eigenvalue weighted by molar-refractivity contribution is 6.36. The molecule has 4 nitrogen and oxygen atoms in total. The number of benzene rings is 1. The molecule has 6 heteroatoms. The Kier molecular flexibility index (Phi) is 4.69. The Labute approximate surface area is 139 Å². The van der Waals surface area contributed by atoms with Crippen molar-refractivity contribution >= 4 is 29.1 Å². The fourth-order valence-electron chi connectivity index (χ4n) is 2.71. The first kappa shape index (κ1) is 15.4. The molecule has 1 aliphatic heterocycles. The summed E-state index contributed by atoms with van der Waals surface area (Å²) in [6.07, 6.45) is 4.52. The molecule has 0 aliphatic carbocycles. The van der Waals surface area contributed by atoms with Gasteiger partial charge in [-0.15, -0.1) is 0 Å². The Hall–Kier alpha value is -1.52. The number of hydrogen-bond acceptors (Lipinski definition) is 2. The van der Waals surface area contributed by atoms with E-state index in [2.05, 4.69) is 10.2 Å². The van der Waals surface area contributed by atoms with Crippen LogP contribution in [0, 0.1) is 0 Å². The summed E-state index contributed by atoms with van der Waals surface area (Å²) in [7, 11) is 0. The smallest absolute Gasteiger partial charge is 0.271 e. The molecule has 116 valence electrons. The second-order valence-electron chi connectivity index (χ2n) is 5.50. The summed E-state index contributed by atoms with van der Waals surface area (Å²) >= 11 is 12.1. The summed E-state index contributed by atoms with van der Waals surface area (Å²) in [4.78, 5) is 14.4. The first-order chi connectivity index (χ1) is 10.6. The number of amides is 1. The van der Waals surface area contributed by atoms with Gasteiger partial charge >= 0.3 is 0 Å². The lowest BCUT2D eigenvalue weighted by Crippen LogP contribution is -2.32. The molecular weight excluding hydrogens is 321 g/mol. The van der Waals surface area contributed by atoms with Crippen LogP contribution in [0.15, 0.2) is 24.3 Å². The van der Waals surface area contributed by atoms with Gasteiger partial charge in [0.25, 0.3) is 5.91 Å². The molecule has 0 unspecified atom stereocenters. The first-order valence-corrected chi connectivity index (χ1v) is 8.21. The van der Waals surface area contributed by atoms with Gasteiger partial charge in [0.1, 0.15) is 5.69 Å². The van der Waals surface area contributed by atoms with Crippen molar-refractivity contribution < 1.29 is 4.79 Å². The fraction of sp³-hybridized carbons (Fsp3) is 0.375. The lowest BCUT2D eigenvalue weighted by Gasteiger charge is -2.18. The van der Waals surface area contributed by atoms with E-state index >= 15 is 0 Å². The molecule has 0 spiro atoms. The minimum atomic E-state index is 0.00531. The van der Waals surface area contributed by atoms with Crippen LogP contribution in [0.3, 0.4) is 0 Å². The molecule has 2 heterocycles. The van der Waals surface area contributed by atoms with Gasteiger partial charge in [-0.05, 0) is 37.1 Å². The number of rotatable bonds is 2. The summed E-state index contributed by atoms with van der Waals surface area (Å²) < 4.78 is 0. The minimum absolute atomic E-state index is 0.00531. The van der Waals surface area contributed by atoms with Gasteiger partial charge in [-0.3, -0.25) is 9.89 Å². The van der Waals surface area contributed by atoms with Gasteiger partial charge in [0.15, 0.2) is 0 Å². The van der Waals surface area contributed by atoms with E-state index in [-0.39, 0.29) is 5.91 Å². The highest BCUT2D eigenvalue weighted by Gasteiger charge is 2.20. The molecule has 2 aromatic rings. The standard InChI is InChI=1S/C16H17Cl2N3O/c17-11-5-6-12(13(18)9-11)14-10-15(20-19-14)16(22)21-7-3-1-2-4-8-21/h5-6,9-10H,1-4,7-8H2,(H,19,20). The number of carbonyl (C=O) groups excluding carboxylic acids is 1. The van der Waals surface area contributed by atoms with E-state index in [4.69, 9.17) is 23.2 Å². The number of H-pyrrole nitrogens is 1. The number of hydrogen-bond donors (Lipinski definition) is 1. The fourth-order valence-corrected chi connectivity index (χ4v) is 3.22. The van der Waals surface area contributed by atoms with Crippen molar-refractivity contribution in [1.82, 2.24) is 15.1 Å².